The third-order valence-electron chi connectivity index (χ3n) is 5.27. The molecule has 0 spiro atoms. The van der Waals surface area contributed by atoms with Gasteiger partial charge in [0, 0.05) is 6.04 Å². The molecule has 3 rings (SSSR count). The summed E-state index contributed by atoms with van der Waals surface area (Å²) in [7, 11) is 2.24. The number of phenols is 1. The van der Waals surface area contributed by atoms with E-state index in [1.807, 2.05) is 12.1 Å². The highest BCUT2D eigenvalue weighted by atomic mass is 79.9. The number of aromatic hydroxyl groups is 1. The molecule has 1 aromatic carbocycles. The monoisotopic (exact) mass is 311 g/mol. The van der Waals surface area contributed by atoms with Crippen molar-refractivity contribution in [1.29, 1.82) is 0 Å². The van der Waals surface area contributed by atoms with Crippen LogP contribution in [0.15, 0.2) is 18.2 Å². The van der Waals surface area contributed by atoms with Crippen molar-refractivity contribution >= 4 is 17.0 Å². The van der Waals surface area contributed by atoms with Gasteiger partial charge in [-0.05, 0) is 61.0 Å². The first-order chi connectivity index (χ1) is 8.02. The number of likely N-dealkylation sites (N-methyl/N-ethyl adjacent to an activating group) is 1. The molecule has 1 fully saturated rings. The summed E-state index contributed by atoms with van der Waals surface area (Å²) in [6.07, 6.45) is 2.32. The van der Waals surface area contributed by atoms with Gasteiger partial charge in [0.25, 0.3) is 0 Å². The minimum Gasteiger partial charge on any atom is -0.508 e. The molecule has 1 aliphatic heterocycles. The van der Waals surface area contributed by atoms with Crippen LogP contribution < -0.4 is 0 Å². The average molecular weight is 312 g/mol. The van der Waals surface area contributed by atoms with Crippen molar-refractivity contribution in [2.75, 3.05) is 13.6 Å². The zero-order chi connectivity index (χ0) is 12.2. The Morgan fingerprint density at radius 2 is 2.11 bits per heavy atom. The first kappa shape index (κ1) is 13.9. The molecule has 3 heteroatoms. The number of hydrogen-bond donors (Lipinski definition) is 1. The fourth-order valence-corrected chi connectivity index (χ4v) is 3.82. The summed E-state index contributed by atoms with van der Waals surface area (Å²) in [6, 6.07) is 6.59. The molecular weight excluding hydrogens is 290 g/mol. The molecule has 1 heterocycles. The van der Waals surface area contributed by atoms with Crippen LogP contribution >= 0.6 is 17.0 Å². The lowest BCUT2D eigenvalue weighted by atomic mass is 9.59. The Labute approximate surface area is 120 Å². The topological polar surface area (TPSA) is 23.5 Å². The minimum absolute atomic E-state index is 0. The van der Waals surface area contributed by atoms with Crippen LogP contribution in [0.2, 0.25) is 0 Å². The Balaban J connectivity index is 0.00000120. The molecule has 2 bridgehead atoms. The van der Waals surface area contributed by atoms with Gasteiger partial charge >= 0.3 is 0 Å². The van der Waals surface area contributed by atoms with Crippen LogP contribution in [0, 0.1) is 5.92 Å². The molecule has 1 saturated heterocycles. The average Bonchev–Trinajstić information content (AvgIpc) is 2.30. The molecule has 0 radical (unpaired) electrons. The van der Waals surface area contributed by atoms with Gasteiger partial charge in [0.05, 0.1) is 0 Å². The summed E-state index contributed by atoms with van der Waals surface area (Å²) in [5.41, 5.74) is 3.05. The van der Waals surface area contributed by atoms with E-state index in [4.69, 9.17) is 0 Å². The Kier molecular flexibility index (Phi) is 3.50. The van der Waals surface area contributed by atoms with Crippen LogP contribution in [0.25, 0.3) is 0 Å². The van der Waals surface area contributed by atoms with Crippen LogP contribution in [0.5, 0.6) is 5.75 Å². The van der Waals surface area contributed by atoms with Gasteiger partial charge in [-0.2, -0.15) is 0 Å². The second-order valence-corrected chi connectivity index (χ2v) is 6.05. The highest BCUT2D eigenvalue weighted by Gasteiger charge is 2.47. The van der Waals surface area contributed by atoms with Crippen LogP contribution in [0.3, 0.4) is 0 Å². The van der Waals surface area contributed by atoms with Crippen LogP contribution in [-0.2, 0) is 11.8 Å². The summed E-state index contributed by atoms with van der Waals surface area (Å²) in [6.45, 7) is 5.91. The molecule has 100 valence electrons. The second kappa shape index (κ2) is 4.53. The van der Waals surface area contributed by atoms with E-state index in [-0.39, 0.29) is 22.4 Å². The number of halogens is 1. The number of likely N-dealkylation sites (tertiary alicyclic amines) is 1. The van der Waals surface area contributed by atoms with E-state index < -0.39 is 0 Å². The molecule has 0 unspecified atom stereocenters. The lowest BCUT2D eigenvalue weighted by molar-refractivity contribution is 0.0506. The van der Waals surface area contributed by atoms with Crippen LogP contribution in [0.4, 0.5) is 0 Å². The van der Waals surface area contributed by atoms with Gasteiger partial charge in [0.1, 0.15) is 5.75 Å². The maximum Gasteiger partial charge on any atom is 0.115 e. The van der Waals surface area contributed by atoms with Gasteiger partial charge < -0.3 is 10.0 Å². The lowest BCUT2D eigenvalue weighted by Gasteiger charge is -2.53. The Hall–Kier alpha value is -0.540. The van der Waals surface area contributed by atoms with Crippen molar-refractivity contribution in [1.82, 2.24) is 4.90 Å². The fourth-order valence-electron chi connectivity index (χ4n) is 3.82. The molecule has 3 atom stereocenters. The van der Waals surface area contributed by atoms with E-state index in [1.54, 1.807) is 0 Å². The van der Waals surface area contributed by atoms with E-state index in [9.17, 15) is 5.11 Å². The Morgan fingerprint density at radius 3 is 2.83 bits per heavy atom. The number of piperidine rings is 1. The third kappa shape index (κ3) is 1.79. The molecule has 1 aromatic rings. The number of rotatable bonds is 0. The van der Waals surface area contributed by atoms with Crippen LogP contribution in [-0.4, -0.2) is 29.6 Å². The number of hydrogen-bond acceptors (Lipinski definition) is 2. The fraction of sp³-hybridized carbons (Fsp3) is 0.600. The number of nitrogens with zero attached hydrogens (tertiary/aromatic N) is 1. The predicted molar refractivity (Wildman–Crippen MR) is 79.7 cm³/mol. The molecule has 0 aromatic heterocycles. The zero-order valence-electron chi connectivity index (χ0n) is 11.3. The third-order valence-corrected chi connectivity index (χ3v) is 5.27. The van der Waals surface area contributed by atoms with Gasteiger partial charge in [-0.25, -0.2) is 0 Å². The Morgan fingerprint density at radius 1 is 1.39 bits per heavy atom. The Bertz CT molecular complexity index is 462. The summed E-state index contributed by atoms with van der Waals surface area (Å²) in [5.74, 6) is 1.07. The highest BCUT2D eigenvalue weighted by molar-refractivity contribution is 8.93. The van der Waals surface area contributed by atoms with Gasteiger partial charge in [0.2, 0.25) is 0 Å². The second-order valence-electron chi connectivity index (χ2n) is 6.05. The van der Waals surface area contributed by atoms with Crippen molar-refractivity contribution in [3.05, 3.63) is 29.3 Å². The summed E-state index contributed by atoms with van der Waals surface area (Å²) in [5, 5.41) is 9.73. The molecular formula is C15H22BrNO. The van der Waals surface area contributed by atoms with Gasteiger partial charge in [-0.15, -0.1) is 17.0 Å². The quantitative estimate of drug-likeness (QED) is 0.795. The van der Waals surface area contributed by atoms with Crippen molar-refractivity contribution in [3.8, 4) is 5.75 Å². The molecule has 0 saturated carbocycles. The molecule has 2 aliphatic rings. The molecule has 18 heavy (non-hydrogen) atoms. The smallest absolute Gasteiger partial charge is 0.115 e. The number of benzene rings is 1. The molecule has 1 N–H and O–H groups in total. The molecule has 2 nitrogen and oxygen atoms in total. The normalized spacial score (nSPS) is 34.6. The van der Waals surface area contributed by atoms with Crippen LogP contribution in [0.1, 0.15) is 31.4 Å². The molecule has 1 aliphatic carbocycles. The zero-order valence-corrected chi connectivity index (χ0v) is 13.0. The first-order valence-electron chi connectivity index (χ1n) is 6.55. The predicted octanol–water partition coefficient (Wildman–Crippen LogP) is 3.12. The van der Waals surface area contributed by atoms with E-state index >= 15 is 0 Å². The van der Waals surface area contributed by atoms with E-state index in [0.29, 0.717) is 17.7 Å². The molecule has 0 amide bonds. The van der Waals surface area contributed by atoms with E-state index in [2.05, 4.69) is 31.9 Å². The number of phenolic OH excluding ortho intramolecular Hbond substituents is 1. The van der Waals surface area contributed by atoms with Crippen molar-refractivity contribution in [2.45, 2.75) is 38.1 Å². The first-order valence-corrected chi connectivity index (χ1v) is 6.55. The summed E-state index contributed by atoms with van der Waals surface area (Å²) >= 11 is 0. The number of fused-ring (bicyclic) bond motifs is 4. The SMILES string of the molecule is Br.C[C@@H]1[C@@H]2Cc3ccc(O)cc3[C@]1(C)CCN2C. The maximum absolute atomic E-state index is 9.73. The highest BCUT2D eigenvalue weighted by Crippen LogP contribution is 2.48. The van der Waals surface area contributed by atoms with Crippen molar-refractivity contribution < 1.29 is 5.11 Å². The van der Waals surface area contributed by atoms with E-state index in [1.165, 1.54) is 24.1 Å². The largest absolute Gasteiger partial charge is 0.508 e. The standard InChI is InChI=1S/C15H21NO.BrH/c1-10-14-8-11-4-5-12(17)9-13(11)15(10,2)6-7-16(14)3;/h4-5,9-10,14,17H,6-8H2,1-3H3;1H/t10-,14+,15-;/m1./s1. The maximum atomic E-state index is 9.73. The minimum atomic E-state index is 0. The van der Waals surface area contributed by atoms with Crippen molar-refractivity contribution in [3.63, 3.8) is 0 Å². The van der Waals surface area contributed by atoms with Gasteiger partial charge in [-0.3, -0.25) is 0 Å². The summed E-state index contributed by atoms with van der Waals surface area (Å²) < 4.78 is 0. The van der Waals surface area contributed by atoms with Gasteiger partial charge in [0.15, 0.2) is 0 Å². The van der Waals surface area contributed by atoms with Gasteiger partial charge in [-0.1, -0.05) is 19.9 Å². The van der Waals surface area contributed by atoms with E-state index in [0.717, 1.165) is 6.42 Å². The lowest BCUT2D eigenvalue weighted by Crippen LogP contribution is -2.56. The summed E-state index contributed by atoms with van der Waals surface area (Å²) in [4.78, 5) is 2.50. The van der Waals surface area contributed by atoms with Crippen molar-refractivity contribution in [2.24, 2.45) is 5.92 Å².